The molecule has 0 aliphatic carbocycles. The second-order valence-corrected chi connectivity index (χ2v) is 5.30. The minimum atomic E-state index is -1.03. The quantitative estimate of drug-likeness (QED) is 0.268. The molecule has 0 radical (unpaired) electrons. The van der Waals surface area contributed by atoms with E-state index in [4.69, 9.17) is 9.84 Å². The third-order valence-electron chi connectivity index (χ3n) is 3.13. The number of carboxylic acid groups (broad SMARTS) is 1. The number of carbonyl (C=O) groups is 1. The van der Waals surface area contributed by atoms with Crippen LogP contribution >= 0.6 is 0 Å². The SMILES string of the molecule is C=C(/C=C\C=C(/C)COC(/C=C\C(=C)/C(C)=C/C=NC)=C/C)C(=O)O. The molecule has 0 aromatic carbocycles. The van der Waals surface area contributed by atoms with Crippen molar-refractivity contribution in [2.45, 2.75) is 20.8 Å². The van der Waals surface area contributed by atoms with Gasteiger partial charge in [-0.2, -0.15) is 0 Å². The summed E-state index contributed by atoms with van der Waals surface area (Å²) in [5, 5.41) is 8.72. The summed E-state index contributed by atoms with van der Waals surface area (Å²) in [5.41, 5.74) is 2.90. The fourth-order valence-corrected chi connectivity index (χ4v) is 1.48. The average Bonchev–Trinajstić information content (AvgIpc) is 2.59. The molecular formula is C21H27NO3. The first-order valence-electron chi connectivity index (χ1n) is 7.83. The van der Waals surface area contributed by atoms with Crippen molar-refractivity contribution in [3.63, 3.8) is 0 Å². The third-order valence-corrected chi connectivity index (χ3v) is 3.13. The highest BCUT2D eigenvalue weighted by molar-refractivity contribution is 5.89. The highest BCUT2D eigenvalue weighted by Crippen LogP contribution is 2.11. The van der Waals surface area contributed by atoms with Crippen molar-refractivity contribution in [2.75, 3.05) is 13.7 Å². The van der Waals surface area contributed by atoms with Crippen LogP contribution in [0.15, 0.2) is 88.7 Å². The Bertz CT molecular complexity index is 671. The van der Waals surface area contributed by atoms with E-state index in [9.17, 15) is 4.79 Å². The first-order chi connectivity index (χ1) is 11.8. The first kappa shape index (κ1) is 22.1. The second kappa shape index (κ2) is 12.5. The van der Waals surface area contributed by atoms with Crippen molar-refractivity contribution in [1.29, 1.82) is 0 Å². The molecule has 0 bridgehead atoms. The van der Waals surface area contributed by atoms with Crippen LogP contribution in [0.3, 0.4) is 0 Å². The molecule has 0 unspecified atom stereocenters. The number of aliphatic imine (C=N–C) groups is 1. The lowest BCUT2D eigenvalue weighted by atomic mass is 10.1. The van der Waals surface area contributed by atoms with Crippen LogP contribution in [0.4, 0.5) is 0 Å². The Kier molecular flexibility index (Phi) is 11.1. The van der Waals surface area contributed by atoms with Gasteiger partial charge in [0.15, 0.2) is 0 Å². The smallest absolute Gasteiger partial charge is 0.335 e. The Balaban J connectivity index is 4.66. The first-order valence-corrected chi connectivity index (χ1v) is 7.83. The molecule has 0 aromatic heterocycles. The molecule has 0 rings (SSSR count). The van der Waals surface area contributed by atoms with Gasteiger partial charge in [0.1, 0.15) is 12.4 Å². The van der Waals surface area contributed by atoms with E-state index in [1.54, 1.807) is 25.4 Å². The van der Waals surface area contributed by atoms with Gasteiger partial charge < -0.3 is 9.84 Å². The minimum absolute atomic E-state index is 0.0390. The predicted octanol–water partition coefficient (Wildman–Crippen LogP) is 4.81. The standard InChI is InChI=1S/C21H27NO3/c1-7-20(12-11-17(3)18(4)13-14-22-6)25-15-16(2)9-8-10-19(5)21(23)24/h7-14H,3,5,15H2,1-2,4,6H3,(H,23,24)/b10-8-,12-11-,16-9+,18-13+,20-7+,22-14?. The lowest BCUT2D eigenvalue weighted by molar-refractivity contribution is -0.132. The van der Waals surface area contributed by atoms with Crippen molar-refractivity contribution in [3.8, 4) is 0 Å². The van der Waals surface area contributed by atoms with E-state index in [-0.39, 0.29) is 5.57 Å². The fraction of sp³-hybridized carbons (Fsp3) is 0.238. The molecule has 25 heavy (non-hydrogen) atoms. The van der Waals surface area contributed by atoms with Crippen LogP contribution < -0.4 is 0 Å². The van der Waals surface area contributed by atoms with Crippen molar-refractivity contribution < 1.29 is 14.6 Å². The molecule has 0 amide bonds. The molecule has 0 heterocycles. The lowest BCUT2D eigenvalue weighted by Crippen LogP contribution is -1.96. The van der Waals surface area contributed by atoms with Gasteiger partial charge in [-0.3, -0.25) is 4.99 Å². The molecule has 4 nitrogen and oxygen atoms in total. The molecule has 0 spiro atoms. The van der Waals surface area contributed by atoms with Gasteiger partial charge in [-0.25, -0.2) is 4.79 Å². The minimum Gasteiger partial charge on any atom is -0.490 e. The number of rotatable bonds is 10. The zero-order valence-corrected chi connectivity index (χ0v) is 15.5. The summed E-state index contributed by atoms with van der Waals surface area (Å²) in [6.07, 6.45) is 14.1. The van der Waals surface area contributed by atoms with Gasteiger partial charge in [0.2, 0.25) is 0 Å². The molecule has 134 valence electrons. The second-order valence-electron chi connectivity index (χ2n) is 5.30. The zero-order valence-electron chi connectivity index (χ0n) is 15.5. The molecular weight excluding hydrogens is 314 g/mol. The van der Waals surface area contributed by atoms with E-state index in [2.05, 4.69) is 18.2 Å². The normalized spacial score (nSPS) is 13.8. The highest BCUT2D eigenvalue weighted by atomic mass is 16.5. The average molecular weight is 341 g/mol. The number of aliphatic carboxylic acids is 1. The molecule has 0 saturated heterocycles. The van der Waals surface area contributed by atoms with Crippen molar-refractivity contribution >= 4 is 12.2 Å². The molecule has 0 fully saturated rings. The third kappa shape index (κ3) is 10.5. The van der Waals surface area contributed by atoms with Crippen LogP contribution in [0.1, 0.15) is 20.8 Å². The maximum absolute atomic E-state index is 10.6. The highest BCUT2D eigenvalue weighted by Gasteiger charge is 1.98. The van der Waals surface area contributed by atoms with E-state index >= 15 is 0 Å². The number of nitrogens with zero attached hydrogens (tertiary/aromatic N) is 1. The Labute approximate surface area is 150 Å². The molecule has 1 N–H and O–H groups in total. The Morgan fingerprint density at radius 1 is 1.12 bits per heavy atom. The van der Waals surface area contributed by atoms with Crippen LogP contribution in [0, 0.1) is 0 Å². The summed E-state index contributed by atoms with van der Waals surface area (Å²) in [5.74, 6) is -0.306. The summed E-state index contributed by atoms with van der Waals surface area (Å²) in [6.45, 7) is 13.6. The maximum atomic E-state index is 10.6. The largest absolute Gasteiger partial charge is 0.490 e. The number of hydrogen-bond donors (Lipinski definition) is 1. The van der Waals surface area contributed by atoms with Gasteiger partial charge in [0, 0.05) is 13.3 Å². The summed E-state index contributed by atoms with van der Waals surface area (Å²) >= 11 is 0. The summed E-state index contributed by atoms with van der Waals surface area (Å²) in [6, 6.07) is 0. The van der Waals surface area contributed by atoms with Gasteiger partial charge in [0.05, 0.1) is 5.57 Å². The van der Waals surface area contributed by atoms with Gasteiger partial charge >= 0.3 is 5.97 Å². The van der Waals surface area contributed by atoms with E-state index in [0.717, 1.165) is 22.5 Å². The zero-order chi connectivity index (χ0) is 19.2. The van der Waals surface area contributed by atoms with Gasteiger partial charge in [-0.05, 0) is 61.8 Å². The van der Waals surface area contributed by atoms with E-state index < -0.39 is 5.97 Å². The fourth-order valence-electron chi connectivity index (χ4n) is 1.48. The topological polar surface area (TPSA) is 58.9 Å². The predicted molar refractivity (Wildman–Crippen MR) is 106 cm³/mol. The lowest BCUT2D eigenvalue weighted by Gasteiger charge is -2.07. The number of carboxylic acids is 1. The van der Waals surface area contributed by atoms with E-state index in [0.29, 0.717) is 6.61 Å². The van der Waals surface area contributed by atoms with Gasteiger partial charge in [-0.15, -0.1) is 0 Å². The van der Waals surface area contributed by atoms with Crippen LogP contribution in [-0.2, 0) is 9.53 Å². The number of hydrogen-bond acceptors (Lipinski definition) is 3. The summed E-state index contributed by atoms with van der Waals surface area (Å²) in [4.78, 5) is 14.5. The molecule has 0 saturated carbocycles. The molecule has 4 heteroatoms. The maximum Gasteiger partial charge on any atom is 0.335 e. The number of ether oxygens (including phenoxy) is 1. The Morgan fingerprint density at radius 3 is 2.36 bits per heavy atom. The van der Waals surface area contributed by atoms with E-state index in [1.165, 1.54) is 6.08 Å². The van der Waals surface area contributed by atoms with E-state index in [1.807, 2.05) is 45.1 Å². The Hall–Kier alpha value is -2.88. The van der Waals surface area contributed by atoms with Crippen LogP contribution in [0.2, 0.25) is 0 Å². The molecule has 0 atom stereocenters. The van der Waals surface area contributed by atoms with Crippen LogP contribution in [0.25, 0.3) is 0 Å². The number of allylic oxidation sites excluding steroid dienone is 8. The van der Waals surface area contributed by atoms with Crippen molar-refractivity contribution in [2.24, 2.45) is 4.99 Å². The molecule has 0 aliphatic heterocycles. The molecule has 0 aromatic rings. The summed E-state index contributed by atoms with van der Waals surface area (Å²) in [7, 11) is 1.72. The van der Waals surface area contributed by atoms with Crippen molar-refractivity contribution in [1.82, 2.24) is 0 Å². The van der Waals surface area contributed by atoms with Crippen molar-refractivity contribution in [3.05, 3.63) is 83.7 Å². The molecule has 0 aliphatic rings. The Morgan fingerprint density at radius 2 is 1.80 bits per heavy atom. The van der Waals surface area contributed by atoms with Gasteiger partial charge in [0.25, 0.3) is 0 Å². The van der Waals surface area contributed by atoms with Crippen LogP contribution in [-0.4, -0.2) is 30.9 Å². The van der Waals surface area contributed by atoms with Gasteiger partial charge in [-0.1, -0.05) is 31.4 Å². The summed E-state index contributed by atoms with van der Waals surface area (Å²) < 4.78 is 5.72. The van der Waals surface area contributed by atoms with Crippen LogP contribution in [0.5, 0.6) is 0 Å². The monoisotopic (exact) mass is 341 g/mol.